The van der Waals surface area contributed by atoms with Crippen molar-refractivity contribution in [3.63, 3.8) is 0 Å². The molecule has 0 saturated carbocycles. The monoisotopic (exact) mass is 296 g/mol. The van der Waals surface area contributed by atoms with Crippen LogP contribution in [0.25, 0.3) is 11.2 Å². The van der Waals surface area contributed by atoms with E-state index in [0.717, 1.165) is 9.71 Å². The Bertz CT molecular complexity index is 493. The summed E-state index contributed by atoms with van der Waals surface area (Å²) in [5, 5.41) is 0. The standard InChI is InChI=1S/C5H5N5Se.H4NO2P/c6-5-9-3-2(4(11)10-5)7-1-8-3;1-4(2)3/h1H,(H4,6,7,8,9,10,11);2-3H,1H2. The molecular weight excluding hydrogens is 286 g/mol. The SMILES string of the molecule is NP(O)O.Nc1nc2nc[nH]c2c(=[Se])[nH]1. The molecule has 0 atom stereocenters. The van der Waals surface area contributed by atoms with E-state index >= 15 is 0 Å². The van der Waals surface area contributed by atoms with Crippen LogP contribution in [0, 0.1) is 4.19 Å². The van der Waals surface area contributed by atoms with Gasteiger partial charge in [0.15, 0.2) is 0 Å². The normalized spacial score (nSPS) is 10.1. The molecule has 15 heavy (non-hydrogen) atoms. The molecule has 2 aromatic heterocycles. The van der Waals surface area contributed by atoms with Crippen molar-refractivity contribution in [2.75, 3.05) is 5.73 Å². The number of aromatic nitrogens is 4. The zero-order chi connectivity index (χ0) is 11.4. The van der Waals surface area contributed by atoms with E-state index in [1.165, 1.54) is 0 Å². The quantitative estimate of drug-likeness (QED) is 0.263. The minimum atomic E-state index is -2.12. The van der Waals surface area contributed by atoms with E-state index in [0.29, 0.717) is 11.6 Å². The van der Waals surface area contributed by atoms with Crippen molar-refractivity contribution in [2.45, 2.75) is 0 Å². The average Bonchev–Trinajstić information content (AvgIpc) is 2.50. The van der Waals surface area contributed by atoms with Crippen molar-refractivity contribution in [2.24, 2.45) is 5.50 Å². The molecule has 0 aliphatic heterocycles. The van der Waals surface area contributed by atoms with E-state index in [-0.39, 0.29) is 0 Å². The summed E-state index contributed by atoms with van der Waals surface area (Å²) in [5.74, 6) is 0.360. The molecule has 0 amide bonds. The Labute approximate surface area is 93.1 Å². The van der Waals surface area contributed by atoms with Crippen LogP contribution >= 0.6 is 8.53 Å². The second-order valence-corrected chi connectivity index (χ2v) is 3.87. The van der Waals surface area contributed by atoms with Crippen LogP contribution in [-0.2, 0) is 0 Å². The van der Waals surface area contributed by atoms with E-state index in [1.54, 1.807) is 6.33 Å². The fourth-order valence-corrected chi connectivity index (χ4v) is 1.39. The van der Waals surface area contributed by atoms with Crippen LogP contribution in [-0.4, -0.2) is 45.3 Å². The van der Waals surface area contributed by atoms with Gasteiger partial charge in [0.1, 0.15) is 0 Å². The Hall–Kier alpha value is -0.821. The number of hydrogen-bond donors (Lipinski definition) is 6. The molecule has 0 unspecified atom stereocenters. The maximum absolute atomic E-state index is 7.45. The van der Waals surface area contributed by atoms with Crippen molar-refractivity contribution in [1.29, 1.82) is 0 Å². The van der Waals surface area contributed by atoms with Crippen molar-refractivity contribution in [1.82, 2.24) is 19.9 Å². The summed E-state index contributed by atoms with van der Waals surface area (Å²) in [6, 6.07) is 0. The average molecular weight is 295 g/mol. The Balaban J connectivity index is 0.000000245. The first-order valence-electron chi connectivity index (χ1n) is 3.62. The van der Waals surface area contributed by atoms with Gasteiger partial charge < -0.3 is 9.79 Å². The summed E-state index contributed by atoms with van der Waals surface area (Å²) in [4.78, 5) is 28.6. The minimum absolute atomic E-state index is 0.360. The fourth-order valence-electron chi connectivity index (χ4n) is 0.860. The molecule has 0 bridgehead atoms. The molecule has 0 saturated heterocycles. The van der Waals surface area contributed by atoms with Crippen LogP contribution in [0.15, 0.2) is 6.33 Å². The number of rotatable bonds is 0. The number of fused-ring (bicyclic) bond motifs is 1. The van der Waals surface area contributed by atoms with Gasteiger partial charge in [-0.1, -0.05) is 0 Å². The van der Waals surface area contributed by atoms with Crippen molar-refractivity contribution >= 4 is 41.2 Å². The number of H-pyrrole nitrogens is 2. The third-order valence-electron chi connectivity index (χ3n) is 1.31. The van der Waals surface area contributed by atoms with E-state index in [9.17, 15) is 0 Å². The summed E-state index contributed by atoms with van der Waals surface area (Å²) < 4.78 is 0.824. The first kappa shape index (κ1) is 12.3. The van der Waals surface area contributed by atoms with Crippen LogP contribution in [0.3, 0.4) is 0 Å². The molecule has 0 spiro atoms. The predicted octanol–water partition coefficient (Wildman–Crippen LogP) is -1.27. The van der Waals surface area contributed by atoms with Crippen LogP contribution in [0.2, 0.25) is 0 Å². The van der Waals surface area contributed by atoms with Gasteiger partial charge in [-0.3, -0.25) is 5.50 Å². The van der Waals surface area contributed by atoms with E-state index < -0.39 is 8.53 Å². The van der Waals surface area contributed by atoms with E-state index in [1.807, 2.05) is 0 Å². The van der Waals surface area contributed by atoms with Gasteiger partial charge in [-0.2, -0.15) is 0 Å². The second kappa shape index (κ2) is 5.31. The molecule has 10 heteroatoms. The summed E-state index contributed by atoms with van der Waals surface area (Å²) in [6.07, 6.45) is 1.58. The van der Waals surface area contributed by atoms with Gasteiger partial charge in [-0.25, -0.2) is 0 Å². The number of nitrogens with zero attached hydrogens (tertiary/aromatic N) is 2. The molecule has 0 aromatic carbocycles. The number of anilines is 1. The van der Waals surface area contributed by atoms with Crippen LogP contribution in [0.5, 0.6) is 0 Å². The summed E-state index contributed by atoms with van der Waals surface area (Å²) >= 11 is 2.83. The number of nitrogens with one attached hydrogen (secondary N) is 2. The number of aromatic amines is 2. The van der Waals surface area contributed by atoms with Crippen LogP contribution < -0.4 is 11.2 Å². The molecule has 0 aliphatic carbocycles. The van der Waals surface area contributed by atoms with Gasteiger partial charge >= 0.3 is 68.9 Å². The zero-order valence-corrected chi connectivity index (χ0v) is 9.98. The van der Waals surface area contributed by atoms with E-state index in [2.05, 4.69) is 41.0 Å². The molecular formula is C5H9N6O2PSe. The van der Waals surface area contributed by atoms with Gasteiger partial charge in [-0.15, -0.1) is 0 Å². The van der Waals surface area contributed by atoms with Crippen molar-refractivity contribution < 1.29 is 9.79 Å². The fraction of sp³-hybridized carbons (Fsp3) is 0. The molecule has 2 aromatic rings. The van der Waals surface area contributed by atoms with Gasteiger partial charge in [0.25, 0.3) is 0 Å². The first-order chi connectivity index (χ1) is 7.00. The molecule has 0 fully saturated rings. The number of imidazole rings is 1. The molecule has 0 aliphatic rings. The Morgan fingerprint density at radius 2 is 2.07 bits per heavy atom. The molecule has 8 nitrogen and oxygen atoms in total. The van der Waals surface area contributed by atoms with Crippen LogP contribution in [0.4, 0.5) is 5.95 Å². The van der Waals surface area contributed by atoms with Crippen molar-refractivity contribution in [3.8, 4) is 0 Å². The number of nitrogens with two attached hydrogens (primary N) is 2. The third-order valence-corrected chi connectivity index (χ3v) is 1.96. The maximum atomic E-state index is 7.45. The summed E-state index contributed by atoms with van der Waals surface area (Å²) in [6.45, 7) is 0. The Kier molecular flexibility index (Phi) is 4.34. The van der Waals surface area contributed by atoms with Crippen LogP contribution in [0.1, 0.15) is 0 Å². The summed E-state index contributed by atoms with van der Waals surface area (Å²) in [7, 11) is -2.12. The molecule has 0 radical (unpaired) electrons. The molecule has 2 heterocycles. The second-order valence-electron chi connectivity index (χ2n) is 2.37. The Morgan fingerprint density at radius 1 is 1.47 bits per heavy atom. The third kappa shape index (κ3) is 3.67. The summed E-state index contributed by atoms with van der Waals surface area (Å²) in [5.41, 5.74) is 11.2. The van der Waals surface area contributed by atoms with Gasteiger partial charge in [-0.05, 0) is 0 Å². The number of hydrogen-bond acceptors (Lipinski definition) is 6. The first-order valence-corrected chi connectivity index (χ1v) is 5.79. The van der Waals surface area contributed by atoms with Gasteiger partial charge in [0.05, 0.1) is 0 Å². The topological polar surface area (TPSA) is 150 Å². The van der Waals surface area contributed by atoms with Gasteiger partial charge in [0.2, 0.25) is 8.53 Å². The van der Waals surface area contributed by atoms with Gasteiger partial charge in [0, 0.05) is 0 Å². The van der Waals surface area contributed by atoms with E-state index in [4.69, 9.17) is 15.5 Å². The Morgan fingerprint density at radius 3 is 2.67 bits per heavy atom. The molecule has 82 valence electrons. The molecule has 2 rings (SSSR count). The zero-order valence-electron chi connectivity index (χ0n) is 7.38. The number of nitrogen functional groups attached to an aromatic ring is 1. The molecule has 8 N–H and O–H groups in total. The van der Waals surface area contributed by atoms with Crippen molar-refractivity contribution in [3.05, 3.63) is 10.5 Å². The predicted molar refractivity (Wildman–Crippen MR) is 57.2 cm³/mol.